The molecule has 0 radical (unpaired) electrons. The summed E-state index contributed by atoms with van der Waals surface area (Å²) in [5.41, 5.74) is 0.0979. The first-order valence-corrected chi connectivity index (χ1v) is 5.71. The monoisotopic (exact) mass is 259 g/mol. The summed E-state index contributed by atoms with van der Waals surface area (Å²) in [5, 5.41) is 17.9. The number of carbonyl (C=O) groups excluding carboxylic acids is 1. The van der Waals surface area contributed by atoms with E-state index in [0.717, 1.165) is 0 Å². The third-order valence-corrected chi connectivity index (χ3v) is 2.27. The van der Waals surface area contributed by atoms with E-state index in [-0.39, 0.29) is 17.7 Å². The molecule has 5 heteroatoms. The van der Waals surface area contributed by atoms with Crippen LogP contribution in [0.15, 0.2) is 29.8 Å². The number of nitrogens with zero attached hydrogens (tertiary/aromatic N) is 1. The minimum atomic E-state index is -1.12. The van der Waals surface area contributed by atoms with Crippen LogP contribution in [0.3, 0.4) is 0 Å². The van der Waals surface area contributed by atoms with E-state index in [1.165, 1.54) is 18.2 Å². The zero-order valence-corrected chi connectivity index (χ0v) is 10.4. The first kappa shape index (κ1) is 14.5. The Kier molecular flexibility index (Phi) is 5.30. The lowest BCUT2D eigenvalue weighted by Gasteiger charge is -2.03. The quantitative estimate of drug-likeness (QED) is 0.497. The summed E-state index contributed by atoms with van der Waals surface area (Å²) in [6.45, 7) is 2.06. The van der Waals surface area contributed by atoms with Gasteiger partial charge in [-0.2, -0.15) is 5.26 Å². The van der Waals surface area contributed by atoms with Crippen LogP contribution in [-0.2, 0) is 9.53 Å². The Hall–Kier alpha value is -2.61. The van der Waals surface area contributed by atoms with Crippen LogP contribution >= 0.6 is 0 Å². The molecule has 0 unspecified atom stereocenters. The number of nitriles is 1. The van der Waals surface area contributed by atoms with Crippen molar-refractivity contribution in [2.24, 2.45) is 0 Å². The van der Waals surface area contributed by atoms with Gasteiger partial charge in [0.15, 0.2) is 0 Å². The zero-order valence-electron chi connectivity index (χ0n) is 10.4. The number of aromatic carboxylic acids is 1. The van der Waals surface area contributed by atoms with Gasteiger partial charge in [0.1, 0.15) is 11.6 Å². The van der Waals surface area contributed by atoms with Crippen molar-refractivity contribution in [3.8, 4) is 6.07 Å². The fourth-order valence-electron chi connectivity index (χ4n) is 1.38. The number of esters is 1. The first-order chi connectivity index (χ1) is 9.10. The van der Waals surface area contributed by atoms with Crippen LogP contribution in [0.1, 0.15) is 29.3 Å². The van der Waals surface area contributed by atoms with Crippen molar-refractivity contribution in [2.45, 2.75) is 13.3 Å². The lowest BCUT2D eigenvalue weighted by atomic mass is 10.1. The van der Waals surface area contributed by atoms with E-state index >= 15 is 0 Å². The predicted molar refractivity (Wildman–Crippen MR) is 68.2 cm³/mol. The number of carbonyl (C=O) groups is 2. The summed E-state index contributed by atoms with van der Waals surface area (Å²) in [6, 6.07) is 7.85. The van der Waals surface area contributed by atoms with Gasteiger partial charge in [0.25, 0.3) is 0 Å². The maximum Gasteiger partial charge on any atom is 0.348 e. The van der Waals surface area contributed by atoms with Crippen LogP contribution in [0.2, 0.25) is 0 Å². The smallest absolute Gasteiger partial charge is 0.348 e. The minimum absolute atomic E-state index is 0.0264. The molecule has 0 atom stereocenters. The Morgan fingerprint density at radius 3 is 2.68 bits per heavy atom. The molecule has 0 aromatic heterocycles. The highest BCUT2D eigenvalue weighted by molar-refractivity contribution is 6.00. The van der Waals surface area contributed by atoms with E-state index in [1.807, 2.05) is 6.92 Å². The highest BCUT2D eigenvalue weighted by atomic mass is 16.5. The number of carboxylic acid groups (broad SMARTS) is 1. The minimum Gasteiger partial charge on any atom is -0.478 e. The summed E-state index contributed by atoms with van der Waals surface area (Å²) in [7, 11) is 0. The lowest BCUT2D eigenvalue weighted by Crippen LogP contribution is -2.08. The van der Waals surface area contributed by atoms with Crippen LogP contribution in [0.4, 0.5) is 0 Å². The Morgan fingerprint density at radius 1 is 1.42 bits per heavy atom. The second-order valence-corrected chi connectivity index (χ2v) is 3.70. The van der Waals surface area contributed by atoms with E-state index in [9.17, 15) is 9.59 Å². The van der Waals surface area contributed by atoms with Crippen molar-refractivity contribution in [3.63, 3.8) is 0 Å². The molecular formula is C14H13NO4. The lowest BCUT2D eigenvalue weighted by molar-refractivity contribution is -0.138. The second kappa shape index (κ2) is 6.97. The largest absolute Gasteiger partial charge is 0.478 e. The molecule has 0 aliphatic carbocycles. The van der Waals surface area contributed by atoms with E-state index < -0.39 is 11.9 Å². The maximum absolute atomic E-state index is 11.6. The molecule has 0 aliphatic heterocycles. The normalized spacial score (nSPS) is 10.6. The van der Waals surface area contributed by atoms with E-state index in [1.54, 1.807) is 18.2 Å². The number of hydrogen-bond acceptors (Lipinski definition) is 4. The van der Waals surface area contributed by atoms with Crippen LogP contribution < -0.4 is 0 Å². The summed E-state index contributed by atoms with van der Waals surface area (Å²) < 4.78 is 4.84. The molecule has 0 saturated carbocycles. The van der Waals surface area contributed by atoms with Gasteiger partial charge in [-0.25, -0.2) is 9.59 Å². The predicted octanol–water partition coefficient (Wildman–Crippen LogP) is 2.24. The summed E-state index contributed by atoms with van der Waals surface area (Å²) in [6.07, 6.45) is 1.87. The van der Waals surface area contributed by atoms with Crippen LogP contribution in [-0.4, -0.2) is 23.7 Å². The zero-order chi connectivity index (χ0) is 14.3. The highest BCUT2D eigenvalue weighted by Crippen LogP contribution is 2.14. The first-order valence-electron chi connectivity index (χ1n) is 5.71. The Morgan fingerprint density at radius 2 is 2.11 bits per heavy atom. The molecule has 0 spiro atoms. The van der Waals surface area contributed by atoms with Gasteiger partial charge in [-0.15, -0.1) is 0 Å². The molecule has 0 amide bonds. The molecule has 1 N–H and O–H groups in total. The van der Waals surface area contributed by atoms with Crippen molar-refractivity contribution in [1.82, 2.24) is 0 Å². The van der Waals surface area contributed by atoms with Crippen molar-refractivity contribution in [3.05, 3.63) is 41.0 Å². The molecule has 1 aromatic carbocycles. The third-order valence-electron chi connectivity index (χ3n) is 2.27. The number of ether oxygens (including phenoxy) is 1. The molecule has 5 nitrogen and oxygen atoms in total. The molecule has 1 aromatic rings. The second-order valence-electron chi connectivity index (χ2n) is 3.70. The molecule has 0 saturated heterocycles. The molecular weight excluding hydrogens is 246 g/mol. The number of benzene rings is 1. The van der Waals surface area contributed by atoms with Gasteiger partial charge in [-0.1, -0.05) is 25.1 Å². The molecule has 0 heterocycles. The van der Waals surface area contributed by atoms with Gasteiger partial charge in [-0.3, -0.25) is 0 Å². The van der Waals surface area contributed by atoms with Gasteiger partial charge < -0.3 is 9.84 Å². The van der Waals surface area contributed by atoms with E-state index in [4.69, 9.17) is 15.1 Å². The molecule has 98 valence electrons. The van der Waals surface area contributed by atoms with Crippen LogP contribution in [0.5, 0.6) is 0 Å². The molecule has 19 heavy (non-hydrogen) atoms. The van der Waals surface area contributed by atoms with Crippen molar-refractivity contribution in [1.29, 1.82) is 5.26 Å². The average Bonchev–Trinajstić information content (AvgIpc) is 2.42. The Labute approximate surface area is 110 Å². The number of rotatable bonds is 5. The maximum atomic E-state index is 11.6. The van der Waals surface area contributed by atoms with Crippen molar-refractivity contribution < 1.29 is 19.4 Å². The molecule has 0 aliphatic rings. The summed E-state index contributed by atoms with van der Waals surface area (Å²) >= 11 is 0. The SMILES string of the molecule is CCCOC(=O)/C(C#N)=C/c1ccccc1C(=O)O. The highest BCUT2D eigenvalue weighted by Gasteiger charge is 2.13. The van der Waals surface area contributed by atoms with Gasteiger partial charge in [0, 0.05) is 0 Å². The van der Waals surface area contributed by atoms with Gasteiger partial charge >= 0.3 is 11.9 Å². The average molecular weight is 259 g/mol. The Balaban J connectivity index is 3.09. The van der Waals surface area contributed by atoms with Crippen LogP contribution in [0, 0.1) is 11.3 Å². The van der Waals surface area contributed by atoms with E-state index in [0.29, 0.717) is 12.0 Å². The topological polar surface area (TPSA) is 87.4 Å². The number of carboxylic acids is 1. The fourth-order valence-corrected chi connectivity index (χ4v) is 1.38. The molecule has 0 bridgehead atoms. The summed E-state index contributed by atoms with van der Waals surface area (Å²) in [5.74, 6) is -1.87. The fraction of sp³-hybridized carbons (Fsp3) is 0.214. The molecule has 1 rings (SSSR count). The van der Waals surface area contributed by atoms with Crippen molar-refractivity contribution >= 4 is 18.0 Å². The number of hydrogen-bond donors (Lipinski definition) is 1. The molecule has 0 fully saturated rings. The van der Waals surface area contributed by atoms with Gasteiger partial charge in [0.05, 0.1) is 12.2 Å². The van der Waals surface area contributed by atoms with Crippen LogP contribution in [0.25, 0.3) is 6.08 Å². The van der Waals surface area contributed by atoms with Gasteiger partial charge in [0.2, 0.25) is 0 Å². The Bertz CT molecular complexity index is 555. The third kappa shape index (κ3) is 3.96. The van der Waals surface area contributed by atoms with Gasteiger partial charge in [-0.05, 0) is 24.1 Å². The summed E-state index contributed by atoms with van der Waals surface area (Å²) in [4.78, 5) is 22.6. The van der Waals surface area contributed by atoms with E-state index in [2.05, 4.69) is 0 Å². The standard InChI is InChI=1S/C14H13NO4/c1-2-7-19-14(18)11(9-15)8-10-5-3-4-6-12(10)13(16)17/h3-6,8H,2,7H2,1H3,(H,16,17)/b11-8+. The van der Waals surface area contributed by atoms with Crippen molar-refractivity contribution in [2.75, 3.05) is 6.61 Å².